The van der Waals surface area contributed by atoms with Gasteiger partial charge >= 0.3 is 0 Å². The lowest BCUT2D eigenvalue weighted by molar-refractivity contribution is 0.560. The van der Waals surface area contributed by atoms with Crippen molar-refractivity contribution in [1.29, 1.82) is 0 Å². The summed E-state index contributed by atoms with van der Waals surface area (Å²) in [6.45, 7) is 0. The van der Waals surface area contributed by atoms with Crippen molar-refractivity contribution in [3.8, 4) is 0 Å². The van der Waals surface area contributed by atoms with E-state index in [1.807, 2.05) is 5.57 Å². The Bertz CT molecular complexity index is 280. The van der Waals surface area contributed by atoms with Gasteiger partial charge in [-0.3, -0.25) is 0 Å². The molecule has 3 aliphatic rings. The van der Waals surface area contributed by atoms with Crippen molar-refractivity contribution in [3.63, 3.8) is 0 Å². The molecule has 0 amide bonds. The van der Waals surface area contributed by atoms with Crippen LogP contribution in [-0.4, -0.2) is 0 Å². The highest BCUT2D eigenvalue weighted by molar-refractivity contribution is 5.41. The van der Waals surface area contributed by atoms with E-state index in [1.54, 1.807) is 11.1 Å². The Kier molecular flexibility index (Phi) is 1.81. The largest absolute Gasteiger partial charge is 0.0810 e. The maximum absolute atomic E-state index is 2.52. The smallest absolute Gasteiger partial charge is 0.0245 e. The molecule has 0 heterocycles. The maximum atomic E-state index is 2.52. The molecule has 1 saturated carbocycles. The molecule has 0 saturated heterocycles. The van der Waals surface area contributed by atoms with Gasteiger partial charge in [-0.25, -0.2) is 0 Å². The van der Waals surface area contributed by atoms with Crippen LogP contribution >= 0.6 is 0 Å². The molecule has 70 valence electrons. The van der Waals surface area contributed by atoms with Gasteiger partial charge in [0.1, 0.15) is 0 Å². The van der Waals surface area contributed by atoms with Crippen LogP contribution in [0.25, 0.3) is 0 Å². The van der Waals surface area contributed by atoms with Gasteiger partial charge < -0.3 is 0 Å². The zero-order chi connectivity index (χ0) is 8.67. The molecule has 0 N–H and O–H groups in total. The Morgan fingerprint density at radius 1 is 1.08 bits per heavy atom. The maximum Gasteiger partial charge on any atom is -0.0245 e. The molecule has 0 spiro atoms. The molecule has 2 bridgehead atoms. The molecule has 0 aliphatic heterocycles. The van der Waals surface area contributed by atoms with Crippen LogP contribution in [0.4, 0.5) is 0 Å². The minimum Gasteiger partial charge on any atom is -0.0810 e. The van der Waals surface area contributed by atoms with Crippen LogP contribution in [-0.2, 0) is 0 Å². The predicted octanol–water partition coefficient (Wildman–Crippen LogP) is 3.99. The molecule has 0 aromatic heterocycles. The fourth-order valence-electron chi connectivity index (χ4n) is 3.28. The van der Waals surface area contributed by atoms with E-state index in [9.17, 15) is 0 Å². The van der Waals surface area contributed by atoms with Gasteiger partial charge in [-0.1, -0.05) is 11.6 Å². The monoisotopic (exact) mass is 174 g/mol. The van der Waals surface area contributed by atoms with E-state index < -0.39 is 0 Å². The summed E-state index contributed by atoms with van der Waals surface area (Å²) >= 11 is 0. The number of rotatable bonds is 1. The van der Waals surface area contributed by atoms with E-state index in [2.05, 4.69) is 6.08 Å². The third kappa shape index (κ3) is 1.27. The number of hydrogen-bond donors (Lipinski definition) is 0. The molecule has 0 heteroatoms. The summed E-state index contributed by atoms with van der Waals surface area (Å²) in [7, 11) is 0. The van der Waals surface area contributed by atoms with Crippen molar-refractivity contribution < 1.29 is 0 Å². The molecule has 0 aromatic rings. The van der Waals surface area contributed by atoms with Crippen molar-refractivity contribution in [2.24, 2.45) is 5.92 Å². The summed E-state index contributed by atoms with van der Waals surface area (Å²) in [6.07, 6.45) is 13.9. The van der Waals surface area contributed by atoms with Gasteiger partial charge in [-0.05, 0) is 68.4 Å². The molecular formula is C13H18. The number of allylic oxidation sites excluding steroid dienone is 4. The lowest BCUT2D eigenvalue weighted by Crippen LogP contribution is -2.00. The van der Waals surface area contributed by atoms with Crippen LogP contribution in [0, 0.1) is 5.92 Å². The first-order valence-corrected chi connectivity index (χ1v) is 5.84. The summed E-state index contributed by atoms with van der Waals surface area (Å²) in [4.78, 5) is 0. The lowest BCUT2D eigenvalue weighted by Gasteiger charge is -2.18. The molecule has 3 aliphatic carbocycles. The van der Waals surface area contributed by atoms with E-state index in [0.717, 1.165) is 5.92 Å². The third-order valence-corrected chi connectivity index (χ3v) is 3.99. The van der Waals surface area contributed by atoms with Gasteiger partial charge in [-0.2, -0.15) is 0 Å². The van der Waals surface area contributed by atoms with Crippen molar-refractivity contribution in [3.05, 3.63) is 22.8 Å². The molecule has 1 fully saturated rings. The van der Waals surface area contributed by atoms with Crippen LogP contribution in [0.1, 0.15) is 51.4 Å². The van der Waals surface area contributed by atoms with Crippen molar-refractivity contribution >= 4 is 0 Å². The van der Waals surface area contributed by atoms with E-state index in [4.69, 9.17) is 0 Å². The minimum atomic E-state index is 1.05. The molecule has 0 nitrogen and oxygen atoms in total. The summed E-state index contributed by atoms with van der Waals surface area (Å²) < 4.78 is 0. The average molecular weight is 174 g/mol. The van der Waals surface area contributed by atoms with Gasteiger partial charge in [-0.15, -0.1) is 0 Å². The quantitative estimate of drug-likeness (QED) is 0.564. The summed E-state index contributed by atoms with van der Waals surface area (Å²) in [5.41, 5.74) is 5.37. The molecule has 0 radical (unpaired) electrons. The van der Waals surface area contributed by atoms with Crippen LogP contribution in [0.2, 0.25) is 0 Å². The van der Waals surface area contributed by atoms with Crippen LogP contribution in [0.15, 0.2) is 22.8 Å². The van der Waals surface area contributed by atoms with E-state index >= 15 is 0 Å². The Labute approximate surface area is 80.7 Å². The molecule has 3 rings (SSSR count). The zero-order valence-corrected chi connectivity index (χ0v) is 8.31. The first-order valence-electron chi connectivity index (χ1n) is 5.84. The Morgan fingerprint density at radius 2 is 2.08 bits per heavy atom. The molecular weight excluding hydrogens is 156 g/mol. The van der Waals surface area contributed by atoms with Gasteiger partial charge in [0.05, 0.1) is 0 Å². The highest BCUT2D eigenvalue weighted by Gasteiger charge is 2.31. The van der Waals surface area contributed by atoms with Crippen LogP contribution < -0.4 is 0 Å². The van der Waals surface area contributed by atoms with Gasteiger partial charge in [0.15, 0.2) is 0 Å². The minimum absolute atomic E-state index is 1.05. The predicted molar refractivity (Wildman–Crippen MR) is 55.5 cm³/mol. The lowest BCUT2D eigenvalue weighted by atomic mass is 9.87. The van der Waals surface area contributed by atoms with Gasteiger partial charge in [0.25, 0.3) is 0 Å². The molecule has 1 unspecified atom stereocenters. The van der Waals surface area contributed by atoms with Crippen molar-refractivity contribution in [2.75, 3.05) is 0 Å². The van der Waals surface area contributed by atoms with E-state index in [0.29, 0.717) is 0 Å². The second-order valence-corrected chi connectivity index (χ2v) is 4.87. The topological polar surface area (TPSA) is 0 Å². The normalized spacial score (nSPS) is 32.6. The second kappa shape index (κ2) is 3.01. The summed E-state index contributed by atoms with van der Waals surface area (Å²) in [6, 6.07) is 0. The highest BCUT2D eigenvalue weighted by atomic mass is 14.4. The molecule has 0 aromatic carbocycles. The van der Waals surface area contributed by atoms with Crippen molar-refractivity contribution in [2.45, 2.75) is 51.4 Å². The van der Waals surface area contributed by atoms with E-state index in [1.165, 1.54) is 51.4 Å². The molecule has 13 heavy (non-hydrogen) atoms. The Hall–Kier alpha value is -0.520. The van der Waals surface area contributed by atoms with Crippen LogP contribution in [0.3, 0.4) is 0 Å². The average Bonchev–Trinajstić information content (AvgIpc) is 2.80. The van der Waals surface area contributed by atoms with Crippen LogP contribution in [0.5, 0.6) is 0 Å². The fourth-order valence-corrected chi connectivity index (χ4v) is 3.28. The number of fused-ring (bicyclic) bond motifs is 2. The fraction of sp³-hybridized carbons (Fsp3) is 0.692. The zero-order valence-electron chi connectivity index (χ0n) is 8.31. The highest BCUT2D eigenvalue weighted by Crippen LogP contribution is 2.47. The van der Waals surface area contributed by atoms with Crippen molar-refractivity contribution in [1.82, 2.24) is 0 Å². The third-order valence-electron chi connectivity index (χ3n) is 3.99. The number of hydrogen-bond acceptors (Lipinski definition) is 0. The standard InChI is InChI=1S/C13H18/c1-2-4-11(5-3-1)13-9-10-6-7-12(13)8-10/h4,10H,1-3,5-9H2. The summed E-state index contributed by atoms with van der Waals surface area (Å²) in [5, 5.41) is 0. The molecule has 1 atom stereocenters. The Balaban J connectivity index is 1.88. The Morgan fingerprint density at radius 3 is 2.69 bits per heavy atom. The summed E-state index contributed by atoms with van der Waals surface area (Å²) in [5.74, 6) is 1.05. The first kappa shape index (κ1) is 7.84. The van der Waals surface area contributed by atoms with Gasteiger partial charge in [0, 0.05) is 0 Å². The van der Waals surface area contributed by atoms with E-state index in [-0.39, 0.29) is 0 Å². The first-order chi connectivity index (χ1) is 6.43. The SMILES string of the molecule is C1=C(C2=C3CCC(C3)C2)CCCC1. The van der Waals surface area contributed by atoms with Gasteiger partial charge in [0.2, 0.25) is 0 Å². The second-order valence-electron chi connectivity index (χ2n) is 4.87.